The molecule has 3 heteroatoms. The average Bonchev–Trinajstić information content (AvgIpc) is 2.05. The highest BCUT2D eigenvalue weighted by Gasteiger charge is 2.19. The molecule has 0 aromatic carbocycles. The minimum Gasteiger partial charge on any atom is -0.330 e. The molecule has 1 fully saturated rings. The normalized spacial score (nSPS) is 31.1. The first-order chi connectivity index (χ1) is 4.86. The predicted octanol–water partition coefficient (Wildman–Crippen LogP) is 2.14. The van der Waals surface area contributed by atoms with Crippen molar-refractivity contribution < 1.29 is 4.39 Å². The molecule has 0 aromatic rings. The number of nitrogens with two attached hydrogens (primary N) is 1. The van der Waals surface area contributed by atoms with Crippen LogP contribution >= 0.6 is 12.4 Å². The first-order valence-electron chi connectivity index (χ1n) is 4.12. The van der Waals surface area contributed by atoms with Crippen LogP contribution in [0.2, 0.25) is 0 Å². The zero-order chi connectivity index (χ0) is 7.40. The van der Waals surface area contributed by atoms with Gasteiger partial charge in [-0.15, -0.1) is 12.4 Å². The third-order valence-corrected chi connectivity index (χ3v) is 2.52. The monoisotopic (exact) mass is 181 g/mol. The molecule has 1 saturated carbocycles. The van der Waals surface area contributed by atoms with Crippen molar-refractivity contribution in [1.29, 1.82) is 0 Å². The van der Waals surface area contributed by atoms with E-state index in [0.717, 1.165) is 32.2 Å². The number of alkyl halides is 1. The molecule has 0 radical (unpaired) electrons. The van der Waals surface area contributed by atoms with Gasteiger partial charge in [-0.1, -0.05) is 0 Å². The largest absolute Gasteiger partial charge is 0.330 e. The standard InChI is InChI=1S/C8H16FN.ClH/c9-5-7-1-3-8(6-10)4-2-7;/h7-8H,1-6,10H2;1H. The van der Waals surface area contributed by atoms with Gasteiger partial charge in [0.2, 0.25) is 0 Å². The molecule has 0 unspecified atom stereocenters. The summed E-state index contributed by atoms with van der Waals surface area (Å²) < 4.78 is 12.1. The molecule has 0 aromatic heterocycles. The molecule has 1 aliphatic carbocycles. The second-order valence-corrected chi connectivity index (χ2v) is 3.28. The molecule has 0 amide bonds. The number of hydrogen-bond acceptors (Lipinski definition) is 1. The minimum atomic E-state index is -0.128. The van der Waals surface area contributed by atoms with Crippen LogP contribution in [-0.2, 0) is 0 Å². The van der Waals surface area contributed by atoms with E-state index in [1.165, 1.54) is 0 Å². The Kier molecular flexibility index (Phi) is 5.88. The molecule has 1 nitrogen and oxygen atoms in total. The SMILES string of the molecule is Cl.NCC1CCC(CF)CC1. The number of hydrogen-bond donors (Lipinski definition) is 1. The van der Waals surface area contributed by atoms with Gasteiger partial charge >= 0.3 is 0 Å². The lowest BCUT2D eigenvalue weighted by molar-refractivity contribution is 0.235. The Balaban J connectivity index is 0.000001000. The molecule has 0 heterocycles. The maximum atomic E-state index is 12.1. The van der Waals surface area contributed by atoms with Crippen molar-refractivity contribution in [3.8, 4) is 0 Å². The van der Waals surface area contributed by atoms with Gasteiger partial charge in [-0.3, -0.25) is 4.39 Å². The molecule has 0 aliphatic heterocycles. The van der Waals surface area contributed by atoms with Crippen molar-refractivity contribution in [2.24, 2.45) is 17.6 Å². The Bertz CT molecular complexity index is 80.1. The van der Waals surface area contributed by atoms with Crippen LogP contribution in [0.4, 0.5) is 4.39 Å². The molecule has 0 atom stereocenters. The fourth-order valence-corrected chi connectivity index (χ4v) is 1.62. The van der Waals surface area contributed by atoms with Gasteiger partial charge in [0.15, 0.2) is 0 Å². The Hall–Kier alpha value is 0.180. The van der Waals surface area contributed by atoms with Gasteiger partial charge in [0, 0.05) is 0 Å². The number of rotatable bonds is 2. The van der Waals surface area contributed by atoms with Gasteiger partial charge in [-0.05, 0) is 44.1 Å². The van der Waals surface area contributed by atoms with E-state index >= 15 is 0 Å². The van der Waals surface area contributed by atoms with Gasteiger partial charge in [0.1, 0.15) is 0 Å². The van der Waals surface area contributed by atoms with Crippen LogP contribution in [0.1, 0.15) is 25.7 Å². The van der Waals surface area contributed by atoms with E-state index in [2.05, 4.69) is 0 Å². The summed E-state index contributed by atoms with van der Waals surface area (Å²) in [4.78, 5) is 0. The van der Waals surface area contributed by atoms with E-state index in [9.17, 15) is 4.39 Å². The summed E-state index contributed by atoms with van der Waals surface area (Å²) in [5, 5.41) is 0. The third kappa shape index (κ3) is 3.39. The minimum absolute atomic E-state index is 0. The van der Waals surface area contributed by atoms with Crippen LogP contribution in [-0.4, -0.2) is 13.2 Å². The maximum absolute atomic E-state index is 12.1. The molecule has 0 spiro atoms. The van der Waals surface area contributed by atoms with Crippen molar-refractivity contribution in [3.63, 3.8) is 0 Å². The van der Waals surface area contributed by atoms with Crippen molar-refractivity contribution in [2.75, 3.05) is 13.2 Å². The van der Waals surface area contributed by atoms with Gasteiger partial charge < -0.3 is 5.73 Å². The Morgan fingerprint density at radius 1 is 1.09 bits per heavy atom. The maximum Gasteiger partial charge on any atom is 0.0922 e. The molecule has 11 heavy (non-hydrogen) atoms. The van der Waals surface area contributed by atoms with Crippen molar-refractivity contribution in [2.45, 2.75) is 25.7 Å². The molecular weight excluding hydrogens is 165 g/mol. The summed E-state index contributed by atoms with van der Waals surface area (Å²) in [6.45, 7) is 0.663. The molecule has 0 saturated heterocycles. The van der Waals surface area contributed by atoms with Crippen molar-refractivity contribution in [1.82, 2.24) is 0 Å². The highest BCUT2D eigenvalue weighted by atomic mass is 35.5. The van der Waals surface area contributed by atoms with Gasteiger partial charge in [-0.25, -0.2) is 0 Å². The van der Waals surface area contributed by atoms with Gasteiger partial charge in [0.05, 0.1) is 6.67 Å². The summed E-state index contributed by atoms with van der Waals surface area (Å²) in [5.74, 6) is 1.03. The molecule has 1 rings (SSSR count). The van der Waals surface area contributed by atoms with Crippen molar-refractivity contribution in [3.05, 3.63) is 0 Å². The van der Waals surface area contributed by atoms with E-state index in [1.807, 2.05) is 0 Å². The molecule has 0 bridgehead atoms. The van der Waals surface area contributed by atoms with E-state index in [0.29, 0.717) is 11.8 Å². The zero-order valence-electron chi connectivity index (χ0n) is 6.76. The second kappa shape index (κ2) is 5.78. The fourth-order valence-electron chi connectivity index (χ4n) is 1.62. The molecular formula is C8H17ClFN. The van der Waals surface area contributed by atoms with Gasteiger partial charge in [0.25, 0.3) is 0 Å². The lowest BCUT2D eigenvalue weighted by Crippen LogP contribution is -2.22. The topological polar surface area (TPSA) is 26.0 Å². The van der Waals surface area contributed by atoms with Crippen LogP contribution in [0.25, 0.3) is 0 Å². The smallest absolute Gasteiger partial charge is 0.0922 e. The second-order valence-electron chi connectivity index (χ2n) is 3.28. The predicted molar refractivity (Wildman–Crippen MR) is 47.7 cm³/mol. The highest BCUT2D eigenvalue weighted by Crippen LogP contribution is 2.27. The molecule has 1 aliphatic rings. The Morgan fingerprint density at radius 3 is 1.91 bits per heavy atom. The van der Waals surface area contributed by atoms with E-state index in [-0.39, 0.29) is 19.1 Å². The number of halogens is 2. The summed E-state index contributed by atoms with van der Waals surface area (Å²) >= 11 is 0. The molecule has 2 N–H and O–H groups in total. The van der Waals surface area contributed by atoms with Crippen LogP contribution in [0.3, 0.4) is 0 Å². The third-order valence-electron chi connectivity index (χ3n) is 2.52. The fraction of sp³-hybridized carbons (Fsp3) is 1.00. The lowest BCUT2D eigenvalue weighted by atomic mass is 9.83. The van der Waals surface area contributed by atoms with Crippen LogP contribution in [0.5, 0.6) is 0 Å². The quantitative estimate of drug-likeness (QED) is 0.694. The van der Waals surface area contributed by atoms with Crippen LogP contribution in [0.15, 0.2) is 0 Å². The Morgan fingerprint density at radius 2 is 1.55 bits per heavy atom. The first-order valence-corrected chi connectivity index (χ1v) is 4.12. The van der Waals surface area contributed by atoms with Crippen LogP contribution in [0, 0.1) is 11.8 Å². The van der Waals surface area contributed by atoms with E-state index < -0.39 is 0 Å². The van der Waals surface area contributed by atoms with Crippen LogP contribution < -0.4 is 5.73 Å². The summed E-state index contributed by atoms with van der Waals surface area (Å²) in [6, 6.07) is 0. The summed E-state index contributed by atoms with van der Waals surface area (Å²) in [5.41, 5.74) is 5.50. The first kappa shape index (κ1) is 11.2. The zero-order valence-corrected chi connectivity index (χ0v) is 7.58. The highest BCUT2D eigenvalue weighted by molar-refractivity contribution is 5.85. The lowest BCUT2D eigenvalue weighted by Gasteiger charge is -2.25. The average molecular weight is 182 g/mol. The summed E-state index contributed by atoms with van der Waals surface area (Å²) in [7, 11) is 0. The van der Waals surface area contributed by atoms with Gasteiger partial charge in [-0.2, -0.15) is 0 Å². The molecule has 68 valence electrons. The van der Waals surface area contributed by atoms with E-state index in [1.54, 1.807) is 0 Å². The van der Waals surface area contributed by atoms with Crippen molar-refractivity contribution >= 4 is 12.4 Å². The van der Waals surface area contributed by atoms with E-state index in [4.69, 9.17) is 5.73 Å². The Labute approximate surface area is 73.9 Å². The summed E-state index contributed by atoms with van der Waals surface area (Å²) in [6.07, 6.45) is 4.40.